The fraction of sp³-hybridized carbons (Fsp3) is 0. The van der Waals surface area contributed by atoms with E-state index >= 15 is 0 Å². The van der Waals surface area contributed by atoms with Gasteiger partial charge in [0.2, 0.25) is 5.91 Å². The Morgan fingerprint density at radius 1 is 1.10 bits per heavy atom. The highest BCUT2D eigenvalue weighted by atomic mass is 79.9. The van der Waals surface area contributed by atoms with Crippen LogP contribution in [0.2, 0.25) is 0 Å². The number of carboxylic acids is 1. The molecule has 2 rings (SSSR count). The zero-order valence-electron chi connectivity index (χ0n) is 10.9. The van der Waals surface area contributed by atoms with E-state index in [1.54, 1.807) is 18.2 Å². The number of amides is 1. The lowest BCUT2D eigenvalue weighted by atomic mass is 10.1. The van der Waals surface area contributed by atoms with Gasteiger partial charge in [0, 0.05) is 10.5 Å². The van der Waals surface area contributed by atoms with Gasteiger partial charge in [0.25, 0.3) is 0 Å². The summed E-state index contributed by atoms with van der Waals surface area (Å²) in [5, 5.41) is 11.7. The van der Waals surface area contributed by atoms with Gasteiger partial charge in [-0.1, -0.05) is 46.3 Å². The van der Waals surface area contributed by atoms with E-state index in [-0.39, 0.29) is 17.2 Å². The van der Waals surface area contributed by atoms with Crippen molar-refractivity contribution in [1.29, 1.82) is 0 Å². The standard InChI is InChI=1S/C16H12BrNO3/c17-12-7-8-14(13(10-12)16(20)21)18-15(19)9-6-11-4-2-1-3-5-11/h1-10H,(H,18,19)(H,20,21). The van der Waals surface area contributed by atoms with E-state index in [4.69, 9.17) is 5.11 Å². The molecule has 0 aliphatic carbocycles. The lowest BCUT2D eigenvalue weighted by Crippen LogP contribution is -2.12. The molecule has 106 valence electrons. The van der Waals surface area contributed by atoms with E-state index in [0.717, 1.165) is 5.56 Å². The van der Waals surface area contributed by atoms with Crippen LogP contribution in [0.15, 0.2) is 59.1 Å². The first kappa shape index (κ1) is 15.0. The van der Waals surface area contributed by atoms with Crippen molar-refractivity contribution in [2.24, 2.45) is 0 Å². The molecule has 0 saturated carbocycles. The third-order valence-electron chi connectivity index (χ3n) is 2.70. The van der Waals surface area contributed by atoms with Crippen LogP contribution in [-0.4, -0.2) is 17.0 Å². The van der Waals surface area contributed by atoms with Crippen molar-refractivity contribution in [1.82, 2.24) is 0 Å². The van der Waals surface area contributed by atoms with Crippen molar-refractivity contribution >= 4 is 39.6 Å². The second-order valence-corrected chi connectivity index (χ2v) is 5.14. The minimum atomic E-state index is -1.10. The van der Waals surface area contributed by atoms with E-state index in [1.165, 1.54) is 12.1 Å². The summed E-state index contributed by atoms with van der Waals surface area (Å²) in [6.07, 6.45) is 3.03. The van der Waals surface area contributed by atoms with Crippen molar-refractivity contribution in [3.63, 3.8) is 0 Å². The van der Waals surface area contributed by atoms with Crippen molar-refractivity contribution in [2.45, 2.75) is 0 Å². The SMILES string of the molecule is O=C(C=Cc1ccccc1)Nc1ccc(Br)cc1C(=O)O. The molecule has 0 radical (unpaired) electrons. The van der Waals surface area contributed by atoms with E-state index < -0.39 is 5.97 Å². The van der Waals surface area contributed by atoms with Crippen molar-refractivity contribution in [3.05, 3.63) is 70.2 Å². The van der Waals surface area contributed by atoms with Crippen LogP contribution >= 0.6 is 15.9 Å². The summed E-state index contributed by atoms with van der Waals surface area (Å²) in [5.41, 5.74) is 1.18. The highest BCUT2D eigenvalue weighted by Crippen LogP contribution is 2.21. The normalized spacial score (nSPS) is 10.5. The number of aromatic carboxylic acids is 1. The van der Waals surface area contributed by atoms with E-state index in [1.807, 2.05) is 30.3 Å². The molecule has 2 N–H and O–H groups in total. The number of carbonyl (C=O) groups excluding carboxylic acids is 1. The Labute approximate surface area is 130 Å². The van der Waals surface area contributed by atoms with Crippen LogP contribution in [0, 0.1) is 0 Å². The van der Waals surface area contributed by atoms with E-state index in [9.17, 15) is 9.59 Å². The van der Waals surface area contributed by atoms with Gasteiger partial charge in [0.05, 0.1) is 11.3 Å². The number of hydrogen-bond acceptors (Lipinski definition) is 2. The largest absolute Gasteiger partial charge is 0.478 e. The summed E-state index contributed by atoms with van der Waals surface area (Å²) in [5.74, 6) is -1.48. The molecular weight excluding hydrogens is 334 g/mol. The van der Waals surface area contributed by atoms with Crippen molar-refractivity contribution in [2.75, 3.05) is 5.32 Å². The topological polar surface area (TPSA) is 66.4 Å². The van der Waals surface area contributed by atoms with Crippen LogP contribution in [-0.2, 0) is 4.79 Å². The maximum absolute atomic E-state index is 11.8. The minimum Gasteiger partial charge on any atom is -0.478 e. The lowest BCUT2D eigenvalue weighted by Gasteiger charge is -2.07. The molecule has 0 unspecified atom stereocenters. The number of rotatable bonds is 4. The van der Waals surface area contributed by atoms with Gasteiger partial charge in [-0.25, -0.2) is 4.79 Å². The first-order chi connectivity index (χ1) is 10.1. The van der Waals surface area contributed by atoms with Crippen LogP contribution in [0.1, 0.15) is 15.9 Å². The number of nitrogens with one attached hydrogen (secondary N) is 1. The fourth-order valence-corrected chi connectivity index (χ4v) is 2.07. The zero-order valence-corrected chi connectivity index (χ0v) is 12.5. The van der Waals surface area contributed by atoms with Crippen LogP contribution in [0.3, 0.4) is 0 Å². The molecule has 0 spiro atoms. The number of halogens is 1. The molecule has 0 aliphatic rings. The van der Waals surface area contributed by atoms with Gasteiger partial charge in [-0.3, -0.25) is 4.79 Å². The van der Waals surface area contributed by atoms with Gasteiger partial charge in [-0.2, -0.15) is 0 Å². The Morgan fingerprint density at radius 3 is 2.48 bits per heavy atom. The first-order valence-corrected chi connectivity index (χ1v) is 6.92. The maximum atomic E-state index is 11.8. The molecule has 4 nitrogen and oxygen atoms in total. The third-order valence-corrected chi connectivity index (χ3v) is 3.19. The zero-order chi connectivity index (χ0) is 15.2. The number of benzene rings is 2. The average molecular weight is 346 g/mol. The molecule has 0 heterocycles. The Bertz CT molecular complexity index is 696. The molecule has 0 aliphatic heterocycles. The molecule has 2 aromatic rings. The monoisotopic (exact) mass is 345 g/mol. The number of hydrogen-bond donors (Lipinski definition) is 2. The maximum Gasteiger partial charge on any atom is 0.337 e. The Hall–Kier alpha value is -2.40. The molecule has 0 saturated heterocycles. The van der Waals surface area contributed by atoms with Crippen molar-refractivity contribution < 1.29 is 14.7 Å². The molecule has 0 bridgehead atoms. The smallest absolute Gasteiger partial charge is 0.337 e. The summed E-state index contributed by atoms with van der Waals surface area (Å²) in [6, 6.07) is 14.0. The number of carbonyl (C=O) groups is 2. The van der Waals surface area contributed by atoms with Crippen LogP contribution < -0.4 is 5.32 Å². The van der Waals surface area contributed by atoms with Gasteiger partial charge in [-0.05, 0) is 29.8 Å². The molecule has 1 amide bonds. The van der Waals surface area contributed by atoms with Gasteiger partial charge in [0.15, 0.2) is 0 Å². The van der Waals surface area contributed by atoms with E-state index in [0.29, 0.717) is 4.47 Å². The molecule has 0 atom stereocenters. The predicted octanol–water partition coefficient (Wildman–Crippen LogP) is 3.80. The molecule has 0 fully saturated rings. The second-order valence-electron chi connectivity index (χ2n) is 4.23. The summed E-state index contributed by atoms with van der Waals surface area (Å²) in [4.78, 5) is 23.0. The van der Waals surface area contributed by atoms with Crippen LogP contribution in [0.5, 0.6) is 0 Å². The second kappa shape index (κ2) is 6.85. The van der Waals surface area contributed by atoms with E-state index in [2.05, 4.69) is 21.2 Å². The Kier molecular flexibility index (Phi) is 4.90. The summed E-state index contributed by atoms with van der Waals surface area (Å²) in [6.45, 7) is 0. The van der Waals surface area contributed by atoms with Gasteiger partial charge in [0.1, 0.15) is 0 Å². The van der Waals surface area contributed by atoms with Gasteiger partial charge >= 0.3 is 5.97 Å². The molecule has 0 aromatic heterocycles. The molecule has 2 aromatic carbocycles. The minimum absolute atomic E-state index is 0.0332. The predicted molar refractivity (Wildman–Crippen MR) is 85.2 cm³/mol. The molecule has 21 heavy (non-hydrogen) atoms. The molecule has 5 heteroatoms. The first-order valence-electron chi connectivity index (χ1n) is 6.13. The average Bonchev–Trinajstić information content (AvgIpc) is 2.48. The number of carboxylic acid groups (broad SMARTS) is 1. The number of anilines is 1. The Balaban J connectivity index is 2.13. The quantitative estimate of drug-likeness (QED) is 0.828. The fourth-order valence-electron chi connectivity index (χ4n) is 1.71. The van der Waals surface area contributed by atoms with Crippen molar-refractivity contribution in [3.8, 4) is 0 Å². The third kappa shape index (κ3) is 4.29. The molecular formula is C16H12BrNO3. The highest BCUT2D eigenvalue weighted by molar-refractivity contribution is 9.10. The van der Waals surface area contributed by atoms with Crippen LogP contribution in [0.25, 0.3) is 6.08 Å². The van der Waals surface area contributed by atoms with Gasteiger partial charge in [-0.15, -0.1) is 0 Å². The Morgan fingerprint density at radius 2 is 1.81 bits per heavy atom. The van der Waals surface area contributed by atoms with Crippen LogP contribution in [0.4, 0.5) is 5.69 Å². The highest BCUT2D eigenvalue weighted by Gasteiger charge is 2.11. The summed E-state index contributed by atoms with van der Waals surface area (Å²) < 4.78 is 0.637. The van der Waals surface area contributed by atoms with Gasteiger partial charge < -0.3 is 10.4 Å². The lowest BCUT2D eigenvalue weighted by molar-refractivity contribution is -0.111. The summed E-state index contributed by atoms with van der Waals surface area (Å²) in [7, 11) is 0. The summed E-state index contributed by atoms with van der Waals surface area (Å²) >= 11 is 3.20.